The first-order valence-electron chi connectivity index (χ1n) is 11.1. The second-order valence-corrected chi connectivity index (χ2v) is 8.33. The minimum atomic E-state index is -0.872. The molecule has 3 aromatic carbocycles. The Morgan fingerprint density at radius 1 is 0.914 bits per heavy atom. The standard InChI is InChI=1S/C28H24N2O5/c1-16-11-13-17(14-12-16)30-25(19-15-29-20-8-5-4-7-18(19)20)24(27(32)28(30)33)26(31)23-21(34-2)9-6-10-22(23)35-3/h4-15,25,29,31H,1-3H3/b26-24+. The normalized spacial score (nSPS) is 17.2. The molecule has 176 valence electrons. The molecule has 1 aliphatic heterocycles. The summed E-state index contributed by atoms with van der Waals surface area (Å²) in [5.74, 6) is -1.23. The van der Waals surface area contributed by atoms with Crippen molar-refractivity contribution in [3.8, 4) is 11.5 Å². The van der Waals surface area contributed by atoms with Crippen molar-refractivity contribution < 1.29 is 24.2 Å². The van der Waals surface area contributed by atoms with Crippen LogP contribution < -0.4 is 14.4 Å². The summed E-state index contributed by atoms with van der Waals surface area (Å²) in [6, 6.07) is 19.1. The number of para-hydroxylation sites is 1. The highest BCUT2D eigenvalue weighted by atomic mass is 16.5. The molecule has 1 aromatic heterocycles. The number of H-pyrrole nitrogens is 1. The average Bonchev–Trinajstić information content (AvgIpc) is 3.42. The van der Waals surface area contributed by atoms with Gasteiger partial charge in [-0.3, -0.25) is 14.5 Å². The highest BCUT2D eigenvalue weighted by Crippen LogP contribution is 2.46. The van der Waals surface area contributed by atoms with E-state index in [0.29, 0.717) is 22.7 Å². The maximum absolute atomic E-state index is 13.5. The van der Waals surface area contributed by atoms with E-state index in [1.54, 1.807) is 36.5 Å². The van der Waals surface area contributed by atoms with Crippen molar-refractivity contribution in [2.24, 2.45) is 0 Å². The molecule has 4 aromatic rings. The summed E-state index contributed by atoms with van der Waals surface area (Å²) in [5.41, 5.74) is 3.29. The van der Waals surface area contributed by atoms with Crippen molar-refractivity contribution in [1.82, 2.24) is 4.98 Å². The predicted octanol–water partition coefficient (Wildman–Crippen LogP) is 5.12. The number of amides is 1. The number of aromatic nitrogens is 1. The van der Waals surface area contributed by atoms with Crippen molar-refractivity contribution in [2.45, 2.75) is 13.0 Å². The summed E-state index contributed by atoms with van der Waals surface area (Å²) in [6.07, 6.45) is 1.77. The molecule has 1 unspecified atom stereocenters. The van der Waals surface area contributed by atoms with E-state index >= 15 is 0 Å². The van der Waals surface area contributed by atoms with Gasteiger partial charge in [0.25, 0.3) is 11.7 Å². The van der Waals surface area contributed by atoms with Crippen LogP contribution in [0.25, 0.3) is 16.7 Å². The van der Waals surface area contributed by atoms with Crippen LogP contribution in [0.15, 0.2) is 78.5 Å². The molecule has 1 amide bonds. The van der Waals surface area contributed by atoms with Crippen LogP contribution in [0.2, 0.25) is 0 Å². The molecule has 7 nitrogen and oxygen atoms in total. The molecule has 5 rings (SSSR count). The van der Waals surface area contributed by atoms with E-state index in [0.717, 1.165) is 16.5 Å². The Kier molecular flexibility index (Phi) is 5.53. The number of hydrogen-bond acceptors (Lipinski definition) is 5. The zero-order valence-corrected chi connectivity index (χ0v) is 19.5. The zero-order valence-electron chi connectivity index (χ0n) is 19.5. The summed E-state index contributed by atoms with van der Waals surface area (Å²) >= 11 is 0. The van der Waals surface area contributed by atoms with Gasteiger partial charge in [-0.1, -0.05) is 42.0 Å². The summed E-state index contributed by atoms with van der Waals surface area (Å²) in [5, 5.41) is 12.4. The number of benzene rings is 3. The number of nitrogens with zero attached hydrogens (tertiary/aromatic N) is 1. The van der Waals surface area contributed by atoms with Crippen molar-refractivity contribution in [3.05, 3.63) is 95.2 Å². The fourth-order valence-electron chi connectivity index (χ4n) is 4.64. The molecule has 2 heterocycles. The molecule has 1 aliphatic rings. The quantitative estimate of drug-likeness (QED) is 0.241. The number of aryl methyl sites for hydroxylation is 1. The van der Waals surface area contributed by atoms with E-state index in [1.165, 1.54) is 19.1 Å². The Labute approximate surface area is 202 Å². The van der Waals surface area contributed by atoms with Crippen molar-refractivity contribution in [1.29, 1.82) is 0 Å². The molecule has 1 atom stereocenters. The molecule has 0 radical (unpaired) electrons. The predicted molar refractivity (Wildman–Crippen MR) is 134 cm³/mol. The third-order valence-electron chi connectivity index (χ3n) is 6.34. The van der Waals surface area contributed by atoms with E-state index in [2.05, 4.69) is 4.98 Å². The third-order valence-corrected chi connectivity index (χ3v) is 6.34. The molecule has 2 N–H and O–H groups in total. The number of Topliss-reactive ketones (excluding diaryl/α,β-unsaturated/α-hetero) is 1. The van der Waals surface area contributed by atoms with Crippen LogP contribution in [0.5, 0.6) is 11.5 Å². The lowest BCUT2D eigenvalue weighted by Crippen LogP contribution is -2.29. The Bertz CT molecular complexity index is 1460. The summed E-state index contributed by atoms with van der Waals surface area (Å²) in [6.45, 7) is 1.95. The first kappa shape index (κ1) is 22.3. The molecule has 0 spiro atoms. The molecule has 35 heavy (non-hydrogen) atoms. The van der Waals surface area contributed by atoms with Crippen molar-refractivity contribution in [3.63, 3.8) is 0 Å². The van der Waals surface area contributed by atoms with Crippen molar-refractivity contribution >= 4 is 34.0 Å². The highest BCUT2D eigenvalue weighted by molar-refractivity contribution is 6.52. The Morgan fingerprint density at radius 2 is 1.57 bits per heavy atom. The van der Waals surface area contributed by atoms with Gasteiger partial charge in [-0.2, -0.15) is 0 Å². The number of carbonyl (C=O) groups excluding carboxylic acids is 2. The maximum Gasteiger partial charge on any atom is 0.300 e. The van der Waals surface area contributed by atoms with E-state index in [-0.39, 0.29) is 16.9 Å². The Hall–Kier alpha value is -4.52. The Morgan fingerprint density at radius 3 is 2.23 bits per heavy atom. The van der Waals surface area contributed by atoms with Crippen LogP contribution in [0.4, 0.5) is 5.69 Å². The second-order valence-electron chi connectivity index (χ2n) is 8.33. The van der Waals surface area contributed by atoms with E-state index in [1.807, 2.05) is 43.3 Å². The van der Waals surface area contributed by atoms with Crippen LogP contribution in [0.3, 0.4) is 0 Å². The monoisotopic (exact) mass is 468 g/mol. The highest BCUT2D eigenvalue weighted by Gasteiger charge is 2.48. The number of rotatable bonds is 5. The lowest BCUT2D eigenvalue weighted by molar-refractivity contribution is -0.132. The SMILES string of the molecule is COc1cccc(OC)c1/C(O)=C1\C(=O)C(=O)N(c2ccc(C)cc2)C1c1c[nH]c2ccccc12. The summed E-state index contributed by atoms with van der Waals surface area (Å²) in [7, 11) is 2.93. The van der Waals surface area contributed by atoms with Gasteiger partial charge in [0.05, 0.1) is 25.8 Å². The number of methoxy groups -OCH3 is 2. The minimum absolute atomic E-state index is 0.0388. The maximum atomic E-state index is 13.5. The number of carbonyl (C=O) groups is 2. The number of ether oxygens (including phenoxy) is 2. The lowest BCUT2D eigenvalue weighted by atomic mass is 9.94. The van der Waals surface area contributed by atoms with Crippen LogP contribution in [-0.2, 0) is 9.59 Å². The van der Waals surface area contributed by atoms with Gasteiger partial charge in [0.15, 0.2) is 0 Å². The minimum Gasteiger partial charge on any atom is -0.506 e. The molecule has 1 fully saturated rings. The number of aliphatic hydroxyl groups is 1. The van der Waals surface area contributed by atoms with Gasteiger partial charge < -0.3 is 19.6 Å². The first-order valence-corrected chi connectivity index (χ1v) is 11.1. The molecule has 0 saturated carbocycles. The summed E-state index contributed by atoms with van der Waals surface area (Å²) in [4.78, 5) is 31.6. The number of ketones is 1. The molecule has 7 heteroatoms. The molecule has 1 saturated heterocycles. The van der Waals surface area contributed by atoms with Gasteiger partial charge >= 0.3 is 0 Å². The van der Waals surface area contributed by atoms with Crippen molar-refractivity contribution in [2.75, 3.05) is 19.1 Å². The van der Waals surface area contributed by atoms with Crippen LogP contribution in [-0.4, -0.2) is 36.0 Å². The third kappa shape index (κ3) is 3.52. The van der Waals surface area contributed by atoms with Gasteiger partial charge in [-0.15, -0.1) is 0 Å². The Balaban J connectivity index is 1.82. The number of hydrogen-bond donors (Lipinski definition) is 2. The lowest BCUT2D eigenvalue weighted by Gasteiger charge is -2.25. The van der Waals surface area contributed by atoms with E-state index in [9.17, 15) is 14.7 Å². The largest absolute Gasteiger partial charge is 0.506 e. The van der Waals surface area contributed by atoms with Gasteiger partial charge in [0, 0.05) is 28.4 Å². The second kappa shape index (κ2) is 8.68. The average molecular weight is 469 g/mol. The molecule has 0 aliphatic carbocycles. The number of aliphatic hydroxyl groups excluding tert-OH is 1. The first-order chi connectivity index (χ1) is 17.0. The van der Waals surface area contributed by atoms with E-state index in [4.69, 9.17) is 9.47 Å². The number of fused-ring (bicyclic) bond motifs is 1. The van der Waals surface area contributed by atoms with Gasteiger partial charge in [-0.05, 0) is 37.3 Å². The van der Waals surface area contributed by atoms with Gasteiger partial charge in [0.2, 0.25) is 0 Å². The van der Waals surface area contributed by atoms with E-state index < -0.39 is 17.7 Å². The molecular weight excluding hydrogens is 444 g/mol. The number of nitrogens with one attached hydrogen (secondary N) is 1. The van der Waals surface area contributed by atoms with Crippen LogP contribution in [0, 0.1) is 6.92 Å². The molecular formula is C28H24N2O5. The topological polar surface area (TPSA) is 91.9 Å². The van der Waals surface area contributed by atoms with Crippen LogP contribution >= 0.6 is 0 Å². The zero-order chi connectivity index (χ0) is 24.7. The number of aromatic amines is 1. The number of anilines is 1. The fourth-order valence-corrected chi connectivity index (χ4v) is 4.64. The molecule has 0 bridgehead atoms. The fraction of sp³-hybridized carbons (Fsp3) is 0.143. The summed E-state index contributed by atoms with van der Waals surface area (Å²) < 4.78 is 10.9. The smallest absolute Gasteiger partial charge is 0.300 e. The van der Waals surface area contributed by atoms with Gasteiger partial charge in [0.1, 0.15) is 22.8 Å². The van der Waals surface area contributed by atoms with Gasteiger partial charge in [-0.25, -0.2) is 0 Å². The van der Waals surface area contributed by atoms with Crippen LogP contribution in [0.1, 0.15) is 22.7 Å².